The first-order valence-electron chi connectivity index (χ1n) is 5.89. The van der Waals surface area contributed by atoms with Crippen LogP contribution < -0.4 is 5.32 Å². The number of nitrogens with one attached hydrogen (secondary N) is 1. The minimum atomic E-state index is -0.570. The van der Waals surface area contributed by atoms with Gasteiger partial charge in [0.2, 0.25) is 0 Å². The summed E-state index contributed by atoms with van der Waals surface area (Å²) < 4.78 is 31.4. The third kappa shape index (κ3) is 3.32. The van der Waals surface area contributed by atoms with Gasteiger partial charge in [0.15, 0.2) is 0 Å². The van der Waals surface area contributed by atoms with Crippen molar-refractivity contribution in [2.45, 2.75) is 25.8 Å². The zero-order chi connectivity index (χ0) is 13.0. The van der Waals surface area contributed by atoms with Gasteiger partial charge in [-0.25, -0.2) is 8.78 Å². The number of rotatable bonds is 5. The van der Waals surface area contributed by atoms with Crippen LogP contribution in [0, 0.1) is 11.6 Å². The number of anilines is 1. The van der Waals surface area contributed by atoms with E-state index in [9.17, 15) is 8.78 Å². The van der Waals surface area contributed by atoms with Crippen molar-refractivity contribution in [2.24, 2.45) is 0 Å². The summed E-state index contributed by atoms with van der Waals surface area (Å²) in [6.45, 7) is 1.95. The van der Waals surface area contributed by atoms with E-state index in [2.05, 4.69) is 5.32 Å². The van der Waals surface area contributed by atoms with Crippen LogP contribution in [0.15, 0.2) is 41.0 Å². The number of hydrogen-bond acceptors (Lipinski definition) is 2. The molecule has 18 heavy (non-hydrogen) atoms. The molecule has 1 atom stereocenters. The van der Waals surface area contributed by atoms with Crippen LogP contribution in [0.25, 0.3) is 0 Å². The topological polar surface area (TPSA) is 25.2 Å². The first-order chi connectivity index (χ1) is 8.65. The molecule has 0 fully saturated rings. The normalized spacial score (nSPS) is 12.4. The Balaban J connectivity index is 1.88. The molecule has 1 unspecified atom stereocenters. The summed E-state index contributed by atoms with van der Waals surface area (Å²) in [5.74, 6) is -0.232. The molecule has 0 bridgehead atoms. The quantitative estimate of drug-likeness (QED) is 0.869. The molecule has 2 rings (SSSR count). The van der Waals surface area contributed by atoms with Crippen LogP contribution in [-0.2, 0) is 6.42 Å². The third-order valence-corrected chi connectivity index (χ3v) is 2.74. The highest BCUT2D eigenvalue weighted by Crippen LogP contribution is 2.17. The van der Waals surface area contributed by atoms with E-state index in [1.807, 2.05) is 19.1 Å². The lowest BCUT2D eigenvalue weighted by Gasteiger charge is -2.15. The molecule has 1 heterocycles. The molecule has 0 spiro atoms. The highest BCUT2D eigenvalue weighted by molar-refractivity contribution is 5.45. The van der Waals surface area contributed by atoms with Gasteiger partial charge in [0.25, 0.3) is 0 Å². The predicted molar refractivity (Wildman–Crippen MR) is 66.5 cm³/mol. The highest BCUT2D eigenvalue weighted by Gasteiger charge is 2.08. The second-order valence-electron chi connectivity index (χ2n) is 4.29. The molecule has 4 heteroatoms. The van der Waals surface area contributed by atoms with E-state index in [4.69, 9.17) is 4.42 Å². The molecule has 96 valence electrons. The van der Waals surface area contributed by atoms with E-state index in [1.54, 1.807) is 6.26 Å². The molecule has 0 amide bonds. The molecule has 0 aliphatic carbocycles. The number of aryl methyl sites for hydroxylation is 1. The van der Waals surface area contributed by atoms with Crippen LogP contribution in [-0.4, -0.2) is 6.04 Å². The van der Waals surface area contributed by atoms with E-state index < -0.39 is 11.6 Å². The van der Waals surface area contributed by atoms with Crippen molar-refractivity contribution in [2.75, 3.05) is 5.32 Å². The summed E-state index contributed by atoms with van der Waals surface area (Å²) in [4.78, 5) is 0. The molecular formula is C14H15F2NO. The Morgan fingerprint density at radius 2 is 2.11 bits per heavy atom. The van der Waals surface area contributed by atoms with Crippen LogP contribution in [0.1, 0.15) is 19.1 Å². The fraction of sp³-hybridized carbons (Fsp3) is 0.286. The summed E-state index contributed by atoms with van der Waals surface area (Å²) in [6.07, 6.45) is 3.22. The van der Waals surface area contributed by atoms with Crippen molar-refractivity contribution in [3.63, 3.8) is 0 Å². The largest absolute Gasteiger partial charge is 0.469 e. The van der Waals surface area contributed by atoms with Crippen LogP contribution in [0.3, 0.4) is 0 Å². The molecule has 0 aliphatic heterocycles. The summed E-state index contributed by atoms with van der Waals surface area (Å²) >= 11 is 0. The van der Waals surface area contributed by atoms with Crippen LogP contribution in [0.5, 0.6) is 0 Å². The lowest BCUT2D eigenvalue weighted by molar-refractivity contribution is 0.494. The maximum atomic E-state index is 13.4. The van der Waals surface area contributed by atoms with Crippen LogP contribution in [0.4, 0.5) is 14.5 Å². The Morgan fingerprint density at radius 3 is 2.78 bits per heavy atom. The van der Waals surface area contributed by atoms with Gasteiger partial charge in [0.05, 0.1) is 12.0 Å². The van der Waals surface area contributed by atoms with Crippen molar-refractivity contribution in [1.82, 2.24) is 0 Å². The predicted octanol–water partition coefficient (Wildman–Crippen LogP) is 3.99. The van der Waals surface area contributed by atoms with Gasteiger partial charge < -0.3 is 9.73 Å². The van der Waals surface area contributed by atoms with Gasteiger partial charge in [-0.2, -0.15) is 0 Å². The SMILES string of the molecule is CC(CCc1ccco1)Nc1ccc(F)cc1F. The van der Waals surface area contributed by atoms with E-state index in [0.29, 0.717) is 5.69 Å². The van der Waals surface area contributed by atoms with E-state index >= 15 is 0 Å². The smallest absolute Gasteiger partial charge is 0.149 e. The van der Waals surface area contributed by atoms with Gasteiger partial charge in [0, 0.05) is 18.5 Å². The maximum Gasteiger partial charge on any atom is 0.149 e. The molecule has 0 aliphatic rings. The zero-order valence-electron chi connectivity index (χ0n) is 10.1. The average Bonchev–Trinajstić information content (AvgIpc) is 2.83. The van der Waals surface area contributed by atoms with Gasteiger partial charge in [-0.15, -0.1) is 0 Å². The Bertz CT molecular complexity index is 497. The monoisotopic (exact) mass is 251 g/mol. The molecule has 0 radical (unpaired) electrons. The molecule has 2 aromatic rings. The highest BCUT2D eigenvalue weighted by atomic mass is 19.1. The lowest BCUT2D eigenvalue weighted by Crippen LogP contribution is -2.16. The van der Waals surface area contributed by atoms with Gasteiger partial charge in [-0.3, -0.25) is 0 Å². The molecular weight excluding hydrogens is 236 g/mol. The fourth-order valence-electron chi connectivity index (χ4n) is 1.76. The lowest BCUT2D eigenvalue weighted by atomic mass is 10.1. The summed E-state index contributed by atoms with van der Waals surface area (Å²) in [6, 6.07) is 7.36. The van der Waals surface area contributed by atoms with Gasteiger partial charge in [0.1, 0.15) is 17.4 Å². The Kier molecular flexibility index (Phi) is 3.97. The second kappa shape index (κ2) is 5.67. The number of hydrogen-bond donors (Lipinski definition) is 1. The third-order valence-electron chi connectivity index (χ3n) is 2.74. The van der Waals surface area contributed by atoms with Crippen LogP contribution in [0.2, 0.25) is 0 Å². The Labute approximate surface area is 105 Å². The van der Waals surface area contributed by atoms with E-state index in [0.717, 1.165) is 24.7 Å². The summed E-state index contributed by atoms with van der Waals surface area (Å²) in [5.41, 5.74) is 0.323. The van der Waals surface area contributed by atoms with Crippen molar-refractivity contribution in [3.05, 3.63) is 54.0 Å². The van der Waals surface area contributed by atoms with E-state index in [-0.39, 0.29) is 6.04 Å². The Hall–Kier alpha value is -1.84. The molecule has 2 nitrogen and oxygen atoms in total. The van der Waals surface area contributed by atoms with Gasteiger partial charge >= 0.3 is 0 Å². The van der Waals surface area contributed by atoms with Gasteiger partial charge in [-0.1, -0.05) is 0 Å². The van der Waals surface area contributed by atoms with Crippen LogP contribution >= 0.6 is 0 Å². The second-order valence-corrected chi connectivity index (χ2v) is 4.29. The minimum Gasteiger partial charge on any atom is -0.469 e. The first kappa shape index (κ1) is 12.6. The Morgan fingerprint density at radius 1 is 1.28 bits per heavy atom. The van der Waals surface area contributed by atoms with E-state index in [1.165, 1.54) is 12.1 Å². The standard InChI is InChI=1S/C14H15F2NO/c1-10(4-6-12-3-2-8-18-12)17-14-7-5-11(15)9-13(14)16/h2-3,5,7-10,17H,4,6H2,1H3. The zero-order valence-corrected chi connectivity index (χ0v) is 10.1. The van der Waals surface area contributed by atoms with Gasteiger partial charge in [-0.05, 0) is 37.6 Å². The summed E-state index contributed by atoms with van der Waals surface area (Å²) in [5, 5.41) is 3.02. The average molecular weight is 251 g/mol. The molecule has 1 aromatic carbocycles. The fourth-order valence-corrected chi connectivity index (χ4v) is 1.76. The number of halogens is 2. The number of furan rings is 1. The first-order valence-corrected chi connectivity index (χ1v) is 5.89. The molecule has 1 N–H and O–H groups in total. The minimum absolute atomic E-state index is 0.0788. The summed E-state index contributed by atoms with van der Waals surface area (Å²) in [7, 11) is 0. The van der Waals surface area contributed by atoms with Crippen molar-refractivity contribution < 1.29 is 13.2 Å². The molecule has 0 saturated carbocycles. The molecule has 1 aromatic heterocycles. The molecule has 0 saturated heterocycles. The number of benzene rings is 1. The maximum absolute atomic E-state index is 13.4. The van der Waals surface area contributed by atoms with Crippen molar-refractivity contribution >= 4 is 5.69 Å². The van der Waals surface area contributed by atoms with Crippen molar-refractivity contribution in [1.29, 1.82) is 0 Å². The van der Waals surface area contributed by atoms with Crippen molar-refractivity contribution in [3.8, 4) is 0 Å².